The molecule has 0 aliphatic heterocycles. The van der Waals surface area contributed by atoms with Gasteiger partial charge in [0.25, 0.3) is 5.91 Å². The number of carbonyl (C=O) groups is 2. The molecule has 0 saturated heterocycles. The molecule has 2 aromatic rings. The second-order valence-corrected chi connectivity index (χ2v) is 7.80. The molecular weight excluding hydrogens is 387 g/mol. The van der Waals surface area contributed by atoms with E-state index in [4.69, 9.17) is 9.88 Å². The number of rotatable bonds is 7. The predicted octanol–water partition coefficient (Wildman–Crippen LogP) is 2.78. The smallest absolute Gasteiger partial charge is 0.341 e. The lowest BCUT2D eigenvalue weighted by molar-refractivity contribution is -0.119. The Labute approximate surface area is 162 Å². The number of nitrogens with two attached hydrogens (primary N) is 1. The van der Waals surface area contributed by atoms with Crippen LogP contribution in [0.4, 0.5) is 10.1 Å². The number of amides is 1. The molecule has 9 heteroatoms. The monoisotopic (exact) mass is 408 g/mol. The van der Waals surface area contributed by atoms with Crippen molar-refractivity contribution in [1.82, 2.24) is 0 Å². The van der Waals surface area contributed by atoms with E-state index in [9.17, 15) is 22.4 Å². The molecule has 1 atom stereocenters. The maximum absolute atomic E-state index is 13.8. The number of hydrogen-bond donors (Lipinski definition) is 2. The molecule has 0 fully saturated rings. The van der Waals surface area contributed by atoms with Gasteiger partial charge in [-0.2, -0.15) is 0 Å². The van der Waals surface area contributed by atoms with Crippen LogP contribution in [0.25, 0.3) is 0 Å². The minimum absolute atomic E-state index is 0.397. The molecule has 0 saturated carbocycles. The summed E-state index contributed by atoms with van der Waals surface area (Å²) in [5.74, 6) is -2.38. The van der Waals surface area contributed by atoms with Crippen LogP contribution >= 0.6 is 0 Å². The maximum atomic E-state index is 13.8. The first-order valence-corrected chi connectivity index (χ1v) is 10.1. The molecule has 150 valence electrons. The molecule has 3 N–H and O–H groups in total. The van der Waals surface area contributed by atoms with Crippen molar-refractivity contribution in [2.45, 2.75) is 31.1 Å². The van der Waals surface area contributed by atoms with Crippen LogP contribution in [0.5, 0.6) is 0 Å². The highest BCUT2D eigenvalue weighted by Crippen LogP contribution is 2.20. The molecule has 28 heavy (non-hydrogen) atoms. The Morgan fingerprint density at radius 2 is 1.82 bits per heavy atom. The number of ether oxygens (including phenoxy) is 1. The van der Waals surface area contributed by atoms with Crippen LogP contribution in [-0.4, -0.2) is 26.9 Å². The van der Waals surface area contributed by atoms with E-state index in [0.29, 0.717) is 11.6 Å². The van der Waals surface area contributed by atoms with Gasteiger partial charge in [0.1, 0.15) is 5.82 Å². The fourth-order valence-corrected chi connectivity index (χ4v) is 2.91. The minimum atomic E-state index is -4.11. The van der Waals surface area contributed by atoms with Crippen molar-refractivity contribution in [3.63, 3.8) is 0 Å². The van der Waals surface area contributed by atoms with Crippen LogP contribution in [-0.2, 0) is 19.6 Å². The van der Waals surface area contributed by atoms with Gasteiger partial charge in [0.05, 0.1) is 10.5 Å². The number of primary sulfonamides is 1. The van der Waals surface area contributed by atoms with Gasteiger partial charge in [-0.25, -0.2) is 22.7 Å². The Hall–Kier alpha value is -2.78. The van der Waals surface area contributed by atoms with E-state index in [1.165, 1.54) is 0 Å². The molecule has 0 aromatic heterocycles. The first-order valence-electron chi connectivity index (χ1n) is 8.51. The first kappa shape index (κ1) is 21.5. The summed E-state index contributed by atoms with van der Waals surface area (Å²) in [5, 5.41) is 7.51. The van der Waals surface area contributed by atoms with E-state index in [-0.39, 0.29) is 0 Å². The van der Waals surface area contributed by atoms with Crippen LogP contribution in [0.15, 0.2) is 47.4 Å². The number of anilines is 1. The molecule has 0 heterocycles. The molecule has 0 unspecified atom stereocenters. The molecule has 1 amide bonds. The second-order valence-electron chi connectivity index (χ2n) is 6.24. The fourth-order valence-electron chi connectivity index (χ4n) is 2.37. The topological polar surface area (TPSA) is 116 Å². The van der Waals surface area contributed by atoms with E-state index in [1.807, 2.05) is 12.1 Å². The quantitative estimate of drug-likeness (QED) is 0.684. The zero-order valence-electron chi connectivity index (χ0n) is 15.4. The number of benzene rings is 2. The number of carbonyl (C=O) groups excluding carboxylic acids is 2. The lowest BCUT2D eigenvalue weighted by Gasteiger charge is -2.11. The number of halogens is 1. The molecule has 0 bridgehead atoms. The molecule has 0 aliphatic carbocycles. The largest absolute Gasteiger partial charge is 0.452 e. The van der Waals surface area contributed by atoms with E-state index in [0.717, 1.165) is 30.2 Å². The average molecular weight is 408 g/mol. The molecular formula is C19H21FN2O5S. The summed E-state index contributed by atoms with van der Waals surface area (Å²) in [6, 6.07) is 9.73. The summed E-state index contributed by atoms with van der Waals surface area (Å²) < 4.78 is 41.2. The van der Waals surface area contributed by atoms with Gasteiger partial charge in [0.2, 0.25) is 10.0 Å². The van der Waals surface area contributed by atoms with Crippen LogP contribution in [0.3, 0.4) is 0 Å². The first-order chi connectivity index (χ1) is 13.1. The van der Waals surface area contributed by atoms with Gasteiger partial charge < -0.3 is 10.1 Å². The van der Waals surface area contributed by atoms with Crippen molar-refractivity contribution in [2.24, 2.45) is 5.14 Å². The van der Waals surface area contributed by atoms with Crippen molar-refractivity contribution in [2.75, 3.05) is 11.9 Å². The number of hydrogen-bond acceptors (Lipinski definition) is 5. The Morgan fingerprint density at radius 1 is 1.18 bits per heavy atom. The summed E-state index contributed by atoms with van der Waals surface area (Å²) in [5.41, 5.74) is 1.03. The zero-order chi connectivity index (χ0) is 20.9. The highest BCUT2D eigenvalue weighted by atomic mass is 32.2. The Morgan fingerprint density at radius 3 is 2.39 bits per heavy atom. The lowest BCUT2D eigenvalue weighted by Crippen LogP contribution is -2.22. The summed E-state index contributed by atoms with van der Waals surface area (Å²) in [4.78, 5) is 23.5. The minimum Gasteiger partial charge on any atom is -0.452 e. The van der Waals surface area contributed by atoms with Gasteiger partial charge >= 0.3 is 5.97 Å². The molecule has 7 nitrogen and oxygen atoms in total. The standard InChI is InChI=1S/C19H21FN2O5S/c1-3-12(2)13-4-6-14(7-5-13)22-18(23)11-27-19(24)16-10-15(28(21,25)26)8-9-17(16)20/h4-10,12H,3,11H2,1-2H3,(H,22,23)(H2,21,25,26)/t12-/m0/s1. The Balaban J connectivity index is 1.98. The zero-order valence-corrected chi connectivity index (χ0v) is 16.3. The van der Waals surface area contributed by atoms with Gasteiger partial charge in [-0.05, 0) is 48.2 Å². The highest BCUT2D eigenvalue weighted by Gasteiger charge is 2.19. The van der Waals surface area contributed by atoms with Crippen molar-refractivity contribution in [1.29, 1.82) is 0 Å². The fraction of sp³-hybridized carbons (Fsp3) is 0.263. The number of sulfonamides is 1. The molecule has 0 aliphatic rings. The lowest BCUT2D eigenvalue weighted by atomic mass is 9.99. The molecule has 0 spiro atoms. The van der Waals surface area contributed by atoms with Gasteiger partial charge in [0.15, 0.2) is 6.61 Å². The van der Waals surface area contributed by atoms with E-state index in [2.05, 4.69) is 19.2 Å². The van der Waals surface area contributed by atoms with Gasteiger partial charge in [-0.15, -0.1) is 0 Å². The molecule has 2 aromatic carbocycles. The third-order valence-corrected chi connectivity index (χ3v) is 5.11. The van der Waals surface area contributed by atoms with Gasteiger partial charge in [0, 0.05) is 5.69 Å². The Bertz CT molecular complexity index is 974. The predicted molar refractivity (Wildman–Crippen MR) is 102 cm³/mol. The number of esters is 1. The van der Waals surface area contributed by atoms with E-state index >= 15 is 0 Å². The van der Waals surface area contributed by atoms with Crippen molar-refractivity contribution in [3.05, 3.63) is 59.4 Å². The third kappa shape index (κ3) is 5.61. The SMILES string of the molecule is CC[C@H](C)c1ccc(NC(=O)COC(=O)c2cc(S(N)(=O)=O)ccc2F)cc1. The van der Waals surface area contributed by atoms with E-state index < -0.39 is 44.8 Å². The third-order valence-electron chi connectivity index (χ3n) is 4.20. The van der Waals surface area contributed by atoms with Crippen molar-refractivity contribution in [3.8, 4) is 0 Å². The highest BCUT2D eigenvalue weighted by molar-refractivity contribution is 7.89. The van der Waals surface area contributed by atoms with Crippen LogP contribution < -0.4 is 10.5 Å². The summed E-state index contributed by atoms with van der Waals surface area (Å²) in [6.45, 7) is 3.51. The van der Waals surface area contributed by atoms with E-state index in [1.54, 1.807) is 12.1 Å². The van der Waals surface area contributed by atoms with Crippen molar-refractivity contribution >= 4 is 27.6 Å². The summed E-state index contributed by atoms with van der Waals surface area (Å²) in [6.07, 6.45) is 0.991. The molecule has 2 rings (SSSR count). The summed E-state index contributed by atoms with van der Waals surface area (Å²) >= 11 is 0. The summed E-state index contributed by atoms with van der Waals surface area (Å²) in [7, 11) is -4.11. The average Bonchev–Trinajstić information content (AvgIpc) is 2.65. The molecule has 0 radical (unpaired) electrons. The van der Waals surface area contributed by atoms with Gasteiger partial charge in [-0.3, -0.25) is 4.79 Å². The van der Waals surface area contributed by atoms with Crippen LogP contribution in [0.1, 0.15) is 42.1 Å². The van der Waals surface area contributed by atoms with Crippen LogP contribution in [0.2, 0.25) is 0 Å². The maximum Gasteiger partial charge on any atom is 0.341 e. The van der Waals surface area contributed by atoms with Crippen molar-refractivity contribution < 1.29 is 27.1 Å². The van der Waals surface area contributed by atoms with Gasteiger partial charge in [-0.1, -0.05) is 26.0 Å². The van der Waals surface area contributed by atoms with Crippen LogP contribution in [0, 0.1) is 5.82 Å². The number of nitrogens with one attached hydrogen (secondary N) is 1. The Kier molecular flexibility index (Phi) is 6.87. The second kappa shape index (κ2) is 8.94. The normalized spacial score (nSPS) is 12.3.